The van der Waals surface area contributed by atoms with Gasteiger partial charge in [-0.15, -0.1) is 0 Å². The summed E-state index contributed by atoms with van der Waals surface area (Å²) < 4.78 is 31.8. The van der Waals surface area contributed by atoms with Crippen LogP contribution in [0.3, 0.4) is 0 Å². The number of rotatable bonds is 6. The molecule has 0 saturated carbocycles. The summed E-state index contributed by atoms with van der Waals surface area (Å²) in [5, 5.41) is 3.29. The van der Waals surface area contributed by atoms with E-state index >= 15 is 0 Å². The maximum atomic E-state index is 12.0. The van der Waals surface area contributed by atoms with Crippen molar-refractivity contribution in [3.63, 3.8) is 0 Å². The summed E-state index contributed by atoms with van der Waals surface area (Å²) in [5.41, 5.74) is 3.45. The van der Waals surface area contributed by atoms with Crippen LogP contribution in [0.15, 0.2) is 41.3 Å². The summed E-state index contributed by atoms with van der Waals surface area (Å²) in [4.78, 5) is 5.35. The first-order chi connectivity index (χ1) is 13.6. The lowest BCUT2D eigenvalue weighted by atomic mass is 10.1. The number of para-hydroxylation sites is 1. The third-order valence-electron chi connectivity index (χ3n) is 4.57. The molecule has 0 fully saturated rings. The lowest BCUT2D eigenvalue weighted by Crippen LogP contribution is -2.15. The van der Waals surface area contributed by atoms with Crippen LogP contribution in [0.5, 0.6) is 5.75 Å². The predicted molar refractivity (Wildman–Crippen MR) is 121 cm³/mol. The van der Waals surface area contributed by atoms with Crippen molar-refractivity contribution < 1.29 is 13.2 Å². The largest absolute Gasteiger partial charge is 0.491 e. The van der Waals surface area contributed by atoms with Gasteiger partial charge in [0.2, 0.25) is 0 Å². The molecule has 3 aromatic rings. The van der Waals surface area contributed by atoms with E-state index in [4.69, 9.17) is 17.0 Å². The van der Waals surface area contributed by atoms with E-state index in [2.05, 4.69) is 10.3 Å². The number of thiocarbonyl (C=S) groups is 1. The van der Waals surface area contributed by atoms with Crippen LogP contribution in [0.2, 0.25) is 0 Å². The van der Waals surface area contributed by atoms with E-state index in [1.807, 2.05) is 50.6 Å². The number of ether oxygens (including phenoxy) is 1. The van der Waals surface area contributed by atoms with Gasteiger partial charge in [-0.05, 0) is 51.1 Å². The van der Waals surface area contributed by atoms with E-state index in [9.17, 15) is 8.42 Å². The number of hydrogen-bond acceptors (Lipinski definition) is 5. The molecule has 6 nitrogen and oxygen atoms in total. The molecule has 0 aliphatic heterocycles. The lowest BCUT2D eigenvalue weighted by molar-refractivity contribution is 0.240. The molecular formula is C21H25N3O3S2. The van der Waals surface area contributed by atoms with Gasteiger partial charge in [-0.25, -0.2) is 13.4 Å². The van der Waals surface area contributed by atoms with Gasteiger partial charge in [0.25, 0.3) is 0 Å². The molecule has 154 valence electrons. The lowest BCUT2D eigenvalue weighted by Gasteiger charge is -2.16. The van der Waals surface area contributed by atoms with Gasteiger partial charge >= 0.3 is 0 Å². The van der Waals surface area contributed by atoms with Gasteiger partial charge < -0.3 is 14.6 Å². The SMILES string of the molecule is Cc1nc2cccc(NC(=S)Cc3cc(S(C)(=O)=O)ccc3OC(C)C)c2n1C. The van der Waals surface area contributed by atoms with Crippen molar-refractivity contribution in [2.24, 2.45) is 7.05 Å². The summed E-state index contributed by atoms with van der Waals surface area (Å²) in [6.45, 7) is 5.81. The summed E-state index contributed by atoms with van der Waals surface area (Å²) in [5.74, 6) is 1.54. The molecule has 0 radical (unpaired) electrons. The Hall–Kier alpha value is -2.45. The van der Waals surface area contributed by atoms with Crippen LogP contribution in [0.4, 0.5) is 5.69 Å². The van der Waals surface area contributed by atoms with Gasteiger partial charge in [-0.3, -0.25) is 0 Å². The number of hydrogen-bond donors (Lipinski definition) is 1. The van der Waals surface area contributed by atoms with Crippen molar-refractivity contribution in [3.8, 4) is 5.75 Å². The van der Waals surface area contributed by atoms with Crippen LogP contribution < -0.4 is 10.1 Å². The highest BCUT2D eigenvalue weighted by Gasteiger charge is 2.15. The molecule has 8 heteroatoms. The Morgan fingerprint density at radius 3 is 2.66 bits per heavy atom. The van der Waals surface area contributed by atoms with Gasteiger partial charge in [-0.2, -0.15) is 0 Å². The minimum absolute atomic E-state index is 0.0365. The molecule has 0 atom stereocenters. The molecule has 1 N–H and O–H groups in total. The number of imidazole rings is 1. The fourth-order valence-corrected chi connectivity index (χ4v) is 4.08. The Bertz CT molecular complexity index is 1180. The monoisotopic (exact) mass is 431 g/mol. The van der Waals surface area contributed by atoms with Gasteiger partial charge in [-0.1, -0.05) is 18.3 Å². The number of aromatic nitrogens is 2. The number of nitrogens with one attached hydrogen (secondary N) is 1. The molecular weight excluding hydrogens is 406 g/mol. The first-order valence-corrected chi connectivity index (χ1v) is 11.6. The van der Waals surface area contributed by atoms with Gasteiger partial charge in [0.05, 0.1) is 32.7 Å². The molecule has 0 unspecified atom stereocenters. The zero-order valence-electron chi connectivity index (χ0n) is 17.2. The molecule has 0 amide bonds. The second-order valence-electron chi connectivity index (χ2n) is 7.32. The summed E-state index contributed by atoms with van der Waals surface area (Å²) >= 11 is 5.60. The fraction of sp³-hybridized carbons (Fsp3) is 0.333. The highest BCUT2D eigenvalue weighted by Crippen LogP contribution is 2.27. The minimum atomic E-state index is -3.33. The van der Waals surface area contributed by atoms with E-state index in [1.54, 1.807) is 18.2 Å². The molecule has 1 heterocycles. The summed E-state index contributed by atoms with van der Waals surface area (Å²) in [7, 11) is -1.37. The quantitative estimate of drug-likeness (QED) is 0.594. The van der Waals surface area contributed by atoms with Gasteiger partial charge in [0.1, 0.15) is 11.6 Å². The zero-order chi connectivity index (χ0) is 21.3. The Kier molecular flexibility index (Phi) is 5.95. The Labute approximate surface area is 176 Å². The van der Waals surface area contributed by atoms with Crippen LogP contribution >= 0.6 is 12.2 Å². The average Bonchev–Trinajstić information content (AvgIpc) is 2.90. The van der Waals surface area contributed by atoms with Crippen LogP contribution in [-0.2, 0) is 23.3 Å². The van der Waals surface area contributed by atoms with Crippen LogP contribution in [0, 0.1) is 6.92 Å². The van der Waals surface area contributed by atoms with E-state index < -0.39 is 9.84 Å². The highest BCUT2D eigenvalue weighted by molar-refractivity contribution is 7.90. The maximum Gasteiger partial charge on any atom is 0.175 e. The Morgan fingerprint density at radius 2 is 2.00 bits per heavy atom. The second-order valence-corrected chi connectivity index (χ2v) is 9.83. The third kappa shape index (κ3) is 4.76. The molecule has 3 rings (SSSR count). The molecule has 0 spiro atoms. The van der Waals surface area contributed by atoms with Crippen molar-refractivity contribution in [2.45, 2.75) is 38.2 Å². The van der Waals surface area contributed by atoms with E-state index in [1.165, 1.54) is 6.26 Å². The van der Waals surface area contributed by atoms with Gasteiger partial charge in [0.15, 0.2) is 9.84 Å². The number of nitrogens with zero attached hydrogens (tertiary/aromatic N) is 2. The summed E-state index contributed by atoms with van der Waals surface area (Å²) in [6.07, 6.45) is 1.51. The standard InChI is InChI=1S/C21H25N3O3S2/c1-13(2)27-19-10-9-16(29(5,25)26)11-15(19)12-20(28)23-18-8-6-7-17-21(18)24(4)14(3)22-17/h6-11,13H,12H2,1-5H3,(H,23,28). The summed E-state index contributed by atoms with van der Waals surface area (Å²) in [6, 6.07) is 10.7. The topological polar surface area (TPSA) is 73.2 Å². The average molecular weight is 432 g/mol. The number of aryl methyl sites for hydroxylation is 2. The van der Waals surface area contributed by atoms with E-state index in [-0.39, 0.29) is 11.0 Å². The molecule has 1 aromatic heterocycles. The molecule has 29 heavy (non-hydrogen) atoms. The van der Waals surface area contributed by atoms with Crippen LogP contribution in [0.1, 0.15) is 25.2 Å². The Morgan fingerprint density at radius 1 is 1.28 bits per heavy atom. The van der Waals surface area contributed by atoms with E-state index in [0.717, 1.165) is 28.1 Å². The van der Waals surface area contributed by atoms with Crippen molar-refractivity contribution in [1.82, 2.24) is 9.55 Å². The van der Waals surface area contributed by atoms with E-state index in [0.29, 0.717) is 17.2 Å². The Balaban J connectivity index is 1.92. The molecule has 2 aromatic carbocycles. The van der Waals surface area contributed by atoms with Crippen molar-refractivity contribution >= 4 is 43.8 Å². The number of sulfone groups is 1. The minimum Gasteiger partial charge on any atom is -0.491 e. The van der Waals surface area contributed by atoms with Crippen LogP contribution in [0.25, 0.3) is 11.0 Å². The number of benzene rings is 2. The molecule has 0 bridgehead atoms. The predicted octanol–water partition coefficient (Wildman–Crippen LogP) is 4.05. The number of fused-ring (bicyclic) bond motifs is 1. The van der Waals surface area contributed by atoms with Gasteiger partial charge in [0, 0.05) is 25.3 Å². The molecule has 0 aliphatic carbocycles. The maximum absolute atomic E-state index is 12.0. The molecule has 0 saturated heterocycles. The first kappa shape index (κ1) is 21.3. The van der Waals surface area contributed by atoms with Crippen LogP contribution in [-0.4, -0.2) is 35.3 Å². The second kappa shape index (κ2) is 8.12. The zero-order valence-corrected chi connectivity index (χ0v) is 18.8. The van der Waals surface area contributed by atoms with Crippen molar-refractivity contribution in [3.05, 3.63) is 47.8 Å². The highest BCUT2D eigenvalue weighted by atomic mass is 32.2. The normalized spacial score (nSPS) is 11.8. The first-order valence-electron chi connectivity index (χ1n) is 9.28. The number of anilines is 1. The third-order valence-corrected chi connectivity index (χ3v) is 5.92. The van der Waals surface area contributed by atoms with Crippen molar-refractivity contribution in [2.75, 3.05) is 11.6 Å². The molecule has 0 aliphatic rings. The van der Waals surface area contributed by atoms with Crippen molar-refractivity contribution in [1.29, 1.82) is 0 Å². The smallest absolute Gasteiger partial charge is 0.175 e. The fourth-order valence-electron chi connectivity index (χ4n) is 3.15.